The Hall–Kier alpha value is -0.120. The van der Waals surface area contributed by atoms with Crippen molar-refractivity contribution in [3.63, 3.8) is 0 Å². The molecule has 0 saturated carbocycles. The third-order valence-corrected chi connectivity index (χ3v) is 3.12. The zero-order valence-electron chi connectivity index (χ0n) is 8.53. The molecule has 0 spiro atoms. The predicted molar refractivity (Wildman–Crippen MR) is 50.3 cm³/mol. The number of ether oxygens (including phenoxy) is 2. The first-order chi connectivity index (χ1) is 6.29. The van der Waals surface area contributed by atoms with Crippen LogP contribution in [-0.4, -0.2) is 37.1 Å². The Balaban J connectivity index is 1.72. The SMILES string of the molecule is CCN1CCC(C2OC(C)O2)CC1. The number of rotatable bonds is 2. The van der Waals surface area contributed by atoms with Gasteiger partial charge in [0, 0.05) is 5.92 Å². The summed E-state index contributed by atoms with van der Waals surface area (Å²) in [6.07, 6.45) is 2.60. The molecule has 3 heteroatoms. The average Bonchev–Trinajstić information content (AvgIpc) is 2.13. The highest BCUT2D eigenvalue weighted by atomic mass is 16.9. The molecule has 0 amide bonds. The van der Waals surface area contributed by atoms with E-state index >= 15 is 0 Å². The maximum Gasteiger partial charge on any atom is 0.166 e. The van der Waals surface area contributed by atoms with Crippen molar-refractivity contribution in [2.75, 3.05) is 19.6 Å². The second kappa shape index (κ2) is 3.95. The zero-order valence-corrected chi connectivity index (χ0v) is 8.53. The minimum Gasteiger partial charge on any atom is -0.324 e. The zero-order chi connectivity index (χ0) is 9.26. The van der Waals surface area contributed by atoms with Crippen LogP contribution >= 0.6 is 0 Å². The summed E-state index contributed by atoms with van der Waals surface area (Å²) in [4.78, 5) is 2.48. The molecule has 0 atom stereocenters. The van der Waals surface area contributed by atoms with E-state index in [0.29, 0.717) is 5.92 Å². The Morgan fingerprint density at radius 2 is 1.85 bits per heavy atom. The molecule has 0 bridgehead atoms. The maximum atomic E-state index is 5.51. The molecular formula is C10H19NO2. The van der Waals surface area contributed by atoms with Crippen molar-refractivity contribution >= 4 is 0 Å². The molecule has 0 radical (unpaired) electrons. The fourth-order valence-corrected chi connectivity index (χ4v) is 2.15. The van der Waals surface area contributed by atoms with Crippen molar-refractivity contribution in [1.82, 2.24) is 4.90 Å². The van der Waals surface area contributed by atoms with Crippen molar-refractivity contribution in [3.05, 3.63) is 0 Å². The first kappa shape index (κ1) is 9.44. The van der Waals surface area contributed by atoms with E-state index in [-0.39, 0.29) is 12.6 Å². The number of hydrogen-bond acceptors (Lipinski definition) is 3. The topological polar surface area (TPSA) is 21.7 Å². The summed E-state index contributed by atoms with van der Waals surface area (Å²) in [5.41, 5.74) is 0. The van der Waals surface area contributed by atoms with Crippen molar-refractivity contribution in [1.29, 1.82) is 0 Å². The van der Waals surface area contributed by atoms with Crippen LogP contribution in [0.2, 0.25) is 0 Å². The first-order valence-corrected chi connectivity index (χ1v) is 5.33. The molecule has 0 N–H and O–H groups in total. The van der Waals surface area contributed by atoms with Crippen molar-refractivity contribution < 1.29 is 9.47 Å². The van der Waals surface area contributed by atoms with Crippen LogP contribution < -0.4 is 0 Å². The van der Waals surface area contributed by atoms with Gasteiger partial charge in [0.1, 0.15) is 0 Å². The molecule has 2 saturated heterocycles. The second-order valence-corrected chi connectivity index (χ2v) is 3.98. The smallest absolute Gasteiger partial charge is 0.166 e. The van der Waals surface area contributed by atoms with E-state index in [1.54, 1.807) is 0 Å². The highest BCUT2D eigenvalue weighted by molar-refractivity contribution is 4.76. The third kappa shape index (κ3) is 2.03. The summed E-state index contributed by atoms with van der Waals surface area (Å²) in [6, 6.07) is 0. The largest absolute Gasteiger partial charge is 0.324 e. The van der Waals surface area contributed by atoms with Crippen LogP contribution in [0.1, 0.15) is 26.7 Å². The Morgan fingerprint density at radius 3 is 2.31 bits per heavy atom. The molecule has 0 aromatic rings. The monoisotopic (exact) mass is 185 g/mol. The molecule has 76 valence electrons. The van der Waals surface area contributed by atoms with Gasteiger partial charge in [-0.3, -0.25) is 0 Å². The Morgan fingerprint density at radius 1 is 1.23 bits per heavy atom. The van der Waals surface area contributed by atoms with Crippen LogP contribution in [-0.2, 0) is 9.47 Å². The molecule has 2 fully saturated rings. The van der Waals surface area contributed by atoms with Gasteiger partial charge in [0.25, 0.3) is 0 Å². The second-order valence-electron chi connectivity index (χ2n) is 3.98. The fraction of sp³-hybridized carbons (Fsp3) is 1.00. The summed E-state index contributed by atoms with van der Waals surface area (Å²) >= 11 is 0. The lowest BCUT2D eigenvalue weighted by Crippen LogP contribution is -2.47. The normalized spacial score (nSPS) is 37.4. The third-order valence-electron chi connectivity index (χ3n) is 3.12. The molecule has 0 aromatic carbocycles. The van der Waals surface area contributed by atoms with Gasteiger partial charge in [-0.1, -0.05) is 6.92 Å². The lowest BCUT2D eigenvalue weighted by atomic mass is 9.95. The van der Waals surface area contributed by atoms with Gasteiger partial charge in [0.15, 0.2) is 12.6 Å². The molecule has 13 heavy (non-hydrogen) atoms. The Labute approximate surface area is 80.0 Å². The predicted octanol–water partition coefficient (Wildman–Crippen LogP) is 1.44. The fourth-order valence-electron chi connectivity index (χ4n) is 2.15. The summed E-state index contributed by atoms with van der Waals surface area (Å²) in [5, 5.41) is 0. The number of nitrogens with zero attached hydrogens (tertiary/aromatic N) is 1. The van der Waals surface area contributed by atoms with E-state index in [9.17, 15) is 0 Å². The summed E-state index contributed by atoms with van der Waals surface area (Å²) in [5.74, 6) is 0.638. The highest BCUT2D eigenvalue weighted by Crippen LogP contribution is 2.30. The molecule has 0 unspecified atom stereocenters. The quantitative estimate of drug-likeness (QED) is 0.649. The summed E-state index contributed by atoms with van der Waals surface area (Å²) in [7, 11) is 0. The highest BCUT2D eigenvalue weighted by Gasteiger charge is 2.35. The number of hydrogen-bond donors (Lipinski definition) is 0. The number of likely N-dealkylation sites (tertiary alicyclic amines) is 1. The maximum absolute atomic E-state index is 5.51. The number of piperidine rings is 1. The molecule has 2 heterocycles. The molecule has 0 aliphatic carbocycles. The van der Waals surface area contributed by atoms with Gasteiger partial charge < -0.3 is 14.4 Å². The van der Waals surface area contributed by atoms with Gasteiger partial charge in [-0.05, 0) is 39.4 Å². The molecule has 2 aliphatic heterocycles. The first-order valence-electron chi connectivity index (χ1n) is 5.33. The summed E-state index contributed by atoms with van der Waals surface area (Å²) < 4.78 is 11.0. The van der Waals surface area contributed by atoms with Crippen LogP contribution in [0, 0.1) is 5.92 Å². The van der Waals surface area contributed by atoms with Crippen LogP contribution in [0.5, 0.6) is 0 Å². The van der Waals surface area contributed by atoms with Crippen LogP contribution in [0.15, 0.2) is 0 Å². The van der Waals surface area contributed by atoms with E-state index < -0.39 is 0 Å². The van der Waals surface area contributed by atoms with Crippen LogP contribution in [0.3, 0.4) is 0 Å². The van der Waals surface area contributed by atoms with Gasteiger partial charge >= 0.3 is 0 Å². The van der Waals surface area contributed by atoms with Crippen molar-refractivity contribution in [3.8, 4) is 0 Å². The standard InChI is InChI=1S/C10H19NO2/c1-3-11-6-4-9(5-7-11)10-12-8(2)13-10/h8-10H,3-7H2,1-2H3. The minimum atomic E-state index is 0.0363. The van der Waals surface area contributed by atoms with Crippen LogP contribution in [0.4, 0.5) is 0 Å². The minimum absolute atomic E-state index is 0.0363. The van der Waals surface area contributed by atoms with Gasteiger partial charge in [0.2, 0.25) is 0 Å². The Bertz CT molecular complexity index is 160. The van der Waals surface area contributed by atoms with Gasteiger partial charge in [-0.15, -0.1) is 0 Å². The lowest BCUT2D eigenvalue weighted by Gasteiger charge is -2.42. The van der Waals surface area contributed by atoms with Gasteiger partial charge in [0.05, 0.1) is 0 Å². The van der Waals surface area contributed by atoms with Gasteiger partial charge in [-0.25, -0.2) is 0 Å². The van der Waals surface area contributed by atoms with E-state index in [2.05, 4.69) is 11.8 Å². The molecular weight excluding hydrogens is 166 g/mol. The lowest BCUT2D eigenvalue weighted by molar-refractivity contribution is -0.394. The molecule has 3 nitrogen and oxygen atoms in total. The molecule has 2 aliphatic rings. The van der Waals surface area contributed by atoms with Gasteiger partial charge in [-0.2, -0.15) is 0 Å². The van der Waals surface area contributed by atoms with Crippen molar-refractivity contribution in [2.45, 2.75) is 39.3 Å². The average molecular weight is 185 g/mol. The van der Waals surface area contributed by atoms with E-state index in [1.807, 2.05) is 6.92 Å². The Kier molecular flexibility index (Phi) is 2.86. The van der Waals surface area contributed by atoms with E-state index in [4.69, 9.17) is 9.47 Å². The molecule has 2 rings (SSSR count). The summed E-state index contributed by atoms with van der Waals surface area (Å²) in [6.45, 7) is 7.77. The van der Waals surface area contributed by atoms with Crippen LogP contribution in [0.25, 0.3) is 0 Å². The van der Waals surface area contributed by atoms with E-state index in [0.717, 1.165) is 0 Å². The van der Waals surface area contributed by atoms with Crippen molar-refractivity contribution in [2.24, 2.45) is 5.92 Å². The van der Waals surface area contributed by atoms with E-state index in [1.165, 1.54) is 32.5 Å². The molecule has 0 aromatic heterocycles.